The molecule has 2 nitrogen and oxygen atoms in total. The van der Waals surface area contributed by atoms with E-state index in [1.807, 2.05) is 18.2 Å². The first-order chi connectivity index (χ1) is 5.47. The van der Waals surface area contributed by atoms with E-state index in [1.54, 1.807) is 0 Å². The van der Waals surface area contributed by atoms with Crippen LogP contribution in [0.2, 0.25) is 0 Å². The molecule has 2 rings (SSSR count). The SMILES string of the molecule is c1ccc([C@H]2NCCO2)cc1. The fraction of sp³-hybridized carbons (Fsp3) is 0.333. The van der Waals surface area contributed by atoms with Crippen LogP contribution in [0.25, 0.3) is 0 Å². The molecule has 1 aliphatic rings. The number of hydrogen-bond donors (Lipinski definition) is 1. The summed E-state index contributed by atoms with van der Waals surface area (Å²) in [5.74, 6) is 0. The van der Waals surface area contributed by atoms with E-state index in [4.69, 9.17) is 4.74 Å². The predicted molar refractivity (Wildman–Crippen MR) is 43.1 cm³/mol. The molecule has 1 saturated heterocycles. The minimum absolute atomic E-state index is 0.121. The number of nitrogens with one attached hydrogen (secondary N) is 1. The van der Waals surface area contributed by atoms with E-state index in [0.29, 0.717) is 0 Å². The van der Waals surface area contributed by atoms with Crippen molar-refractivity contribution < 1.29 is 4.74 Å². The molecule has 2 heteroatoms. The highest BCUT2D eigenvalue weighted by atomic mass is 16.5. The minimum Gasteiger partial charge on any atom is -0.358 e. The summed E-state index contributed by atoms with van der Waals surface area (Å²) in [6, 6.07) is 10.2. The van der Waals surface area contributed by atoms with Gasteiger partial charge in [0.2, 0.25) is 0 Å². The highest BCUT2D eigenvalue weighted by Crippen LogP contribution is 2.16. The second kappa shape index (κ2) is 3.03. The molecule has 11 heavy (non-hydrogen) atoms. The Morgan fingerprint density at radius 3 is 2.73 bits per heavy atom. The minimum atomic E-state index is 0.121. The Kier molecular flexibility index (Phi) is 1.88. The lowest BCUT2D eigenvalue weighted by Crippen LogP contribution is -2.13. The van der Waals surface area contributed by atoms with Gasteiger partial charge in [-0.2, -0.15) is 0 Å². The van der Waals surface area contributed by atoms with Crippen LogP contribution in [-0.4, -0.2) is 13.2 Å². The maximum absolute atomic E-state index is 5.43. The number of rotatable bonds is 1. The van der Waals surface area contributed by atoms with Gasteiger partial charge in [-0.1, -0.05) is 30.3 Å². The van der Waals surface area contributed by atoms with Crippen molar-refractivity contribution in [3.05, 3.63) is 35.9 Å². The van der Waals surface area contributed by atoms with Gasteiger partial charge < -0.3 is 4.74 Å². The Hall–Kier alpha value is -0.860. The Bertz CT molecular complexity index is 216. The normalized spacial score (nSPS) is 23.8. The summed E-state index contributed by atoms with van der Waals surface area (Å²) in [4.78, 5) is 0. The molecule has 0 aromatic heterocycles. The summed E-state index contributed by atoms with van der Waals surface area (Å²) >= 11 is 0. The molecular weight excluding hydrogens is 138 g/mol. The predicted octanol–water partition coefficient (Wildman–Crippen LogP) is 1.30. The maximum Gasteiger partial charge on any atom is 0.134 e. The second-order valence-electron chi connectivity index (χ2n) is 2.62. The zero-order chi connectivity index (χ0) is 7.52. The van der Waals surface area contributed by atoms with Gasteiger partial charge in [0.05, 0.1) is 6.61 Å². The summed E-state index contributed by atoms with van der Waals surface area (Å²) in [5.41, 5.74) is 1.21. The lowest BCUT2D eigenvalue weighted by Gasteiger charge is -2.08. The van der Waals surface area contributed by atoms with Crippen molar-refractivity contribution in [2.24, 2.45) is 0 Å². The van der Waals surface area contributed by atoms with E-state index in [2.05, 4.69) is 17.4 Å². The van der Waals surface area contributed by atoms with Crippen molar-refractivity contribution in [1.82, 2.24) is 5.32 Å². The number of hydrogen-bond acceptors (Lipinski definition) is 2. The van der Waals surface area contributed by atoms with E-state index >= 15 is 0 Å². The summed E-state index contributed by atoms with van der Waals surface area (Å²) in [5, 5.41) is 3.25. The summed E-state index contributed by atoms with van der Waals surface area (Å²) in [7, 11) is 0. The van der Waals surface area contributed by atoms with Gasteiger partial charge in [-0.15, -0.1) is 0 Å². The molecule has 0 radical (unpaired) electrons. The average molecular weight is 149 g/mol. The van der Waals surface area contributed by atoms with E-state index in [9.17, 15) is 0 Å². The molecule has 0 unspecified atom stereocenters. The molecule has 0 aliphatic carbocycles. The van der Waals surface area contributed by atoms with Gasteiger partial charge >= 0.3 is 0 Å². The fourth-order valence-corrected chi connectivity index (χ4v) is 1.27. The zero-order valence-electron chi connectivity index (χ0n) is 6.29. The van der Waals surface area contributed by atoms with Crippen molar-refractivity contribution in [2.45, 2.75) is 6.23 Å². The Morgan fingerprint density at radius 2 is 2.09 bits per heavy atom. The van der Waals surface area contributed by atoms with Crippen LogP contribution in [0.5, 0.6) is 0 Å². The van der Waals surface area contributed by atoms with Gasteiger partial charge in [0, 0.05) is 6.54 Å². The van der Waals surface area contributed by atoms with Gasteiger partial charge in [-0.25, -0.2) is 0 Å². The highest BCUT2D eigenvalue weighted by Gasteiger charge is 2.15. The van der Waals surface area contributed by atoms with Crippen LogP contribution in [0.1, 0.15) is 11.8 Å². The molecule has 1 heterocycles. The summed E-state index contributed by atoms with van der Waals surface area (Å²) in [6.07, 6.45) is 0.121. The molecule has 1 atom stereocenters. The molecule has 1 aliphatic heterocycles. The van der Waals surface area contributed by atoms with Crippen LogP contribution in [0, 0.1) is 0 Å². The monoisotopic (exact) mass is 149 g/mol. The summed E-state index contributed by atoms with van der Waals surface area (Å²) in [6.45, 7) is 1.78. The number of ether oxygens (including phenoxy) is 1. The van der Waals surface area contributed by atoms with E-state index in [0.717, 1.165) is 13.2 Å². The molecule has 0 amide bonds. The van der Waals surface area contributed by atoms with Gasteiger partial charge in [0.15, 0.2) is 0 Å². The van der Waals surface area contributed by atoms with Crippen molar-refractivity contribution in [1.29, 1.82) is 0 Å². The smallest absolute Gasteiger partial charge is 0.134 e. The molecule has 1 N–H and O–H groups in total. The van der Waals surface area contributed by atoms with Crippen molar-refractivity contribution in [2.75, 3.05) is 13.2 Å². The Morgan fingerprint density at radius 1 is 1.27 bits per heavy atom. The van der Waals surface area contributed by atoms with Crippen LogP contribution >= 0.6 is 0 Å². The third-order valence-electron chi connectivity index (χ3n) is 1.82. The van der Waals surface area contributed by atoms with Crippen molar-refractivity contribution >= 4 is 0 Å². The molecular formula is C9H11NO. The topological polar surface area (TPSA) is 21.3 Å². The lowest BCUT2D eigenvalue weighted by atomic mass is 10.2. The van der Waals surface area contributed by atoms with Crippen LogP contribution in [0.3, 0.4) is 0 Å². The molecule has 1 aromatic carbocycles. The first kappa shape index (κ1) is 6.83. The average Bonchev–Trinajstić information content (AvgIpc) is 2.58. The zero-order valence-corrected chi connectivity index (χ0v) is 6.29. The Labute approximate surface area is 66.2 Å². The first-order valence-corrected chi connectivity index (χ1v) is 3.87. The second-order valence-corrected chi connectivity index (χ2v) is 2.62. The van der Waals surface area contributed by atoms with E-state index in [1.165, 1.54) is 5.56 Å². The third-order valence-corrected chi connectivity index (χ3v) is 1.82. The van der Waals surface area contributed by atoms with Gasteiger partial charge in [-0.3, -0.25) is 5.32 Å². The third kappa shape index (κ3) is 1.42. The Balaban J connectivity index is 2.16. The van der Waals surface area contributed by atoms with Crippen molar-refractivity contribution in [3.63, 3.8) is 0 Å². The largest absolute Gasteiger partial charge is 0.358 e. The number of benzene rings is 1. The first-order valence-electron chi connectivity index (χ1n) is 3.87. The quantitative estimate of drug-likeness (QED) is 0.650. The highest BCUT2D eigenvalue weighted by molar-refractivity contribution is 5.17. The lowest BCUT2D eigenvalue weighted by molar-refractivity contribution is 0.102. The van der Waals surface area contributed by atoms with E-state index in [-0.39, 0.29) is 6.23 Å². The summed E-state index contributed by atoms with van der Waals surface area (Å²) < 4.78 is 5.43. The van der Waals surface area contributed by atoms with E-state index < -0.39 is 0 Å². The standard InChI is InChI=1S/C9H11NO/c1-2-4-8(5-3-1)9-10-6-7-11-9/h1-5,9-10H,6-7H2/t9-/m0/s1. The van der Waals surface area contributed by atoms with Crippen LogP contribution in [-0.2, 0) is 4.74 Å². The molecule has 0 saturated carbocycles. The molecule has 58 valence electrons. The van der Waals surface area contributed by atoms with Gasteiger partial charge in [-0.05, 0) is 5.56 Å². The van der Waals surface area contributed by atoms with Crippen molar-refractivity contribution in [3.8, 4) is 0 Å². The molecule has 1 fully saturated rings. The molecule has 0 spiro atoms. The fourth-order valence-electron chi connectivity index (χ4n) is 1.27. The molecule has 0 bridgehead atoms. The van der Waals surface area contributed by atoms with Gasteiger partial charge in [0.1, 0.15) is 6.23 Å². The van der Waals surface area contributed by atoms with Crippen LogP contribution in [0.4, 0.5) is 0 Å². The van der Waals surface area contributed by atoms with Gasteiger partial charge in [0.25, 0.3) is 0 Å². The maximum atomic E-state index is 5.43. The van der Waals surface area contributed by atoms with Crippen LogP contribution < -0.4 is 5.32 Å². The molecule has 1 aromatic rings. The van der Waals surface area contributed by atoms with Crippen LogP contribution in [0.15, 0.2) is 30.3 Å².